The highest BCUT2D eigenvalue weighted by atomic mass is 16.5. The summed E-state index contributed by atoms with van der Waals surface area (Å²) in [6.45, 7) is 5.85. The number of H-pyrrole nitrogens is 2. The van der Waals surface area contributed by atoms with Gasteiger partial charge in [-0.25, -0.2) is 4.79 Å². The lowest BCUT2D eigenvalue weighted by atomic mass is 9.92. The number of rotatable bonds is 2. The molecular formula is C22H18N4O2. The molecule has 0 bridgehead atoms. The van der Waals surface area contributed by atoms with Crippen molar-refractivity contribution in [3.63, 3.8) is 0 Å². The molecule has 0 unspecified atom stereocenters. The van der Waals surface area contributed by atoms with Crippen molar-refractivity contribution in [2.24, 2.45) is 0 Å². The van der Waals surface area contributed by atoms with Gasteiger partial charge < -0.3 is 14.5 Å². The molecular weight excluding hydrogens is 352 g/mol. The first-order valence-electron chi connectivity index (χ1n) is 9.07. The predicted molar refractivity (Wildman–Crippen MR) is 109 cm³/mol. The molecule has 0 radical (unpaired) electrons. The van der Waals surface area contributed by atoms with Gasteiger partial charge in [0, 0.05) is 22.7 Å². The number of para-hydroxylation sites is 1. The number of nitrogens with zero attached hydrogens (tertiary/aromatic N) is 2. The zero-order chi connectivity index (χ0) is 19.4. The molecule has 3 aromatic heterocycles. The fourth-order valence-electron chi connectivity index (χ4n) is 3.98. The summed E-state index contributed by atoms with van der Waals surface area (Å²) >= 11 is 0. The van der Waals surface area contributed by atoms with Crippen molar-refractivity contribution in [1.29, 1.82) is 0 Å². The average molecular weight is 370 g/mol. The fraction of sp³-hybridized carbons (Fsp3) is 0.136. The molecule has 0 saturated carbocycles. The molecule has 138 valence electrons. The lowest BCUT2D eigenvalue weighted by Crippen LogP contribution is -1.99. The van der Waals surface area contributed by atoms with Crippen molar-refractivity contribution in [3.05, 3.63) is 70.1 Å². The van der Waals surface area contributed by atoms with E-state index in [9.17, 15) is 4.79 Å². The Labute approximate surface area is 160 Å². The average Bonchev–Trinajstić information content (AvgIpc) is 3.22. The maximum absolute atomic E-state index is 12.1. The SMILES string of the molecule is Cc1cnc2ccccc2c1-c1cc(-c2c(C)noc2C)cc2[nH]c(=O)[nH]c12. The molecule has 2 N–H and O–H groups in total. The van der Waals surface area contributed by atoms with Crippen molar-refractivity contribution < 1.29 is 4.52 Å². The molecule has 2 aromatic carbocycles. The number of nitrogens with one attached hydrogen (secondary N) is 2. The molecule has 3 heterocycles. The summed E-state index contributed by atoms with van der Waals surface area (Å²) in [5, 5.41) is 5.13. The number of benzene rings is 2. The van der Waals surface area contributed by atoms with Crippen LogP contribution in [0.5, 0.6) is 0 Å². The van der Waals surface area contributed by atoms with Gasteiger partial charge in [0.1, 0.15) is 5.76 Å². The Morgan fingerprint density at radius 1 is 1.00 bits per heavy atom. The topological polar surface area (TPSA) is 87.6 Å². The number of imidazole rings is 1. The molecule has 28 heavy (non-hydrogen) atoms. The number of hydrogen-bond donors (Lipinski definition) is 2. The molecule has 5 rings (SSSR count). The van der Waals surface area contributed by atoms with Gasteiger partial charge in [-0.05, 0) is 55.7 Å². The van der Waals surface area contributed by atoms with E-state index in [0.29, 0.717) is 0 Å². The van der Waals surface area contributed by atoms with Crippen molar-refractivity contribution in [1.82, 2.24) is 20.1 Å². The second-order valence-electron chi connectivity index (χ2n) is 7.06. The van der Waals surface area contributed by atoms with E-state index in [1.165, 1.54) is 0 Å². The quantitative estimate of drug-likeness (QED) is 0.473. The van der Waals surface area contributed by atoms with E-state index in [-0.39, 0.29) is 5.69 Å². The minimum Gasteiger partial charge on any atom is -0.361 e. The standard InChI is InChI=1S/C22H18N4O2/c1-11-10-23-17-7-5-4-6-15(17)19(11)16-8-14(20-12(2)26-28-13(20)3)9-18-21(16)25-22(27)24-18/h4-10H,1-3H3,(H2,24,25,27). The third kappa shape index (κ3) is 2.38. The van der Waals surface area contributed by atoms with Crippen LogP contribution in [0.15, 0.2) is 51.9 Å². The second kappa shape index (κ2) is 5.92. The number of aromatic nitrogens is 4. The van der Waals surface area contributed by atoms with Crippen LogP contribution in [0.2, 0.25) is 0 Å². The van der Waals surface area contributed by atoms with E-state index >= 15 is 0 Å². The third-order valence-corrected chi connectivity index (χ3v) is 5.18. The van der Waals surface area contributed by atoms with Gasteiger partial charge in [-0.3, -0.25) is 4.98 Å². The number of hydrogen-bond acceptors (Lipinski definition) is 4. The van der Waals surface area contributed by atoms with Crippen LogP contribution >= 0.6 is 0 Å². The van der Waals surface area contributed by atoms with E-state index in [2.05, 4.69) is 32.2 Å². The highest BCUT2D eigenvalue weighted by molar-refractivity contribution is 6.05. The Bertz CT molecular complexity index is 1400. The number of aromatic amines is 2. The lowest BCUT2D eigenvalue weighted by Gasteiger charge is -2.13. The Morgan fingerprint density at radius 2 is 1.82 bits per heavy atom. The summed E-state index contributed by atoms with van der Waals surface area (Å²) in [5.74, 6) is 0.747. The monoisotopic (exact) mass is 370 g/mol. The number of pyridine rings is 1. The van der Waals surface area contributed by atoms with Crippen LogP contribution in [0.25, 0.3) is 44.2 Å². The van der Waals surface area contributed by atoms with Gasteiger partial charge in [-0.1, -0.05) is 23.4 Å². The Morgan fingerprint density at radius 3 is 2.61 bits per heavy atom. The maximum Gasteiger partial charge on any atom is 0.323 e. The minimum absolute atomic E-state index is 0.233. The first-order chi connectivity index (χ1) is 13.5. The molecule has 6 nitrogen and oxygen atoms in total. The van der Waals surface area contributed by atoms with Gasteiger partial charge >= 0.3 is 5.69 Å². The Hall–Kier alpha value is -3.67. The zero-order valence-electron chi connectivity index (χ0n) is 15.8. The predicted octanol–water partition coefficient (Wildman–Crippen LogP) is 4.65. The van der Waals surface area contributed by atoms with Crippen molar-refractivity contribution in [2.45, 2.75) is 20.8 Å². The Balaban J connectivity index is 1.93. The van der Waals surface area contributed by atoms with Gasteiger partial charge in [0.05, 0.1) is 22.2 Å². The normalized spacial score (nSPS) is 11.5. The van der Waals surface area contributed by atoms with Gasteiger partial charge in [0.2, 0.25) is 0 Å². The van der Waals surface area contributed by atoms with E-state index in [4.69, 9.17) is 4.52 Å². The van der Waals surface area contributed by atoms with E-state index in [1.54, 1.807) is 0 Å². The van der Waals surface area contributed by atoms with E-state index < -0.39 is 0 Å². The summed E-state index contributed by atoms with van der Waals surface area (Å²) < 4.78 is 5.37. The summed E-state index contributed by atoms with van der Waals surface area (Å²) in [6, 6.07) is 12.1. The molecule has 0 aliphatic rings. The number of fused-ring (bicyclic) bond motifs is 2. The van der Waals surface area contributed by atoms with Crippen LogP contribution in [0, 0.1) is 20.8 Å². The van der Waals surface area contributed by atoms with Gasteiger partial charge in [0.25, 0.3) is 0 Å². The Kier molecular flexibility index (Phi) is 3.49. The van der Waals surface area contributed by atoms with Gasteiger partial charge in [-0.15, -0.1) is 0 Å². The smallest absolute Gasteiger partial charge is 0.323 e. The largest absolute Gasteiger partial charge is 0.361 e. The molecule has 0 fully saturated rings. The molecule has 0 saturated heterocycles. The highest BCUT2D eigenvalue weighted by Gasteiger charge is 2.18. The maximum atomic E-state index is 12.1. The van der Waals surface area contributed by atoms with E-state index in [0.717, 1.165) is 61.2 Å². The molecule has 6 heteroatoms. The molecule has 0 aliphatic heterocycles. The highest BCUT2D eigenvalue weighted by Crippen LogP contribution is 2.38. The van der Waals surface area contributed by atoms with Crippen LogP contribution < -0.4 is 5.69 Å². The lowest BCUT2D eigenvalue weighted by molar-refractivity contribution is 0.393. The first kappa shape index (κ1) is 16.5. The minimum atomic E-state index is -0.233. The summed E-state index contributed by atoms with van der Waals surface area (Å²) in [5.41, 5.74) is 7.96. The van der Waals surface area contributed by atoms with Crippen molar-refractivity contribution >= 4 is 21.9 Å². The summed E-state index contributed by atoms with van der Waals surface area (Å²) in [7, 11) is 0. The second-order valence-corrected chi connectivity index (χ2v) is 7.06. The van der Waals surface area contributed by atoms with Crippen LogP contribution in [-0.4, -0.2) is 20.1 Å². The van der Waals surface area contributed by atoms with Gasteiger partial charge in [0.15, 0.2) is 0 Å². The molecule has 0 amide bonds. The number of aryl methyl sites for hydroxylation is 3. The van der Waals surface area contributed by atoms with Crippen LogP contribution in [0.4, 0.5) is 0 Å². The fourth-order valence-corrected chi connectivity index (χ4v) is 3.98. The first-order valence-corrected chi connectivity index (χ1v) is 9.07. The zero-order valence-corrected chi connectivity index (χ0v) is 15.8. The van der Waals surface area contributed by atoms with Crippen LogP contribution in [-0.2, 0) is 0 Å². The molecule has 0 spiro atoms. The molecule has 5 aromatic rings. The van der Waals surface area contributed by atoms with Crippen molar-refractivity contribution in [3.8, 4) is 22.3 Å². The summed E-state index contributed by atoms with van der Waals surface area (Å²) in [6.07, 6.45) is 1.87. The third-order valence-electron chi connectivity index (χ3n) is 5.18. The van der Waals surface area contributed by atoms with Crippen molar-refractivity contribution in [2.75, 3.05) is 0 Å². The van der Waals surface area contributed by atoms with E-state index in [1.807, 2.05) is 51.2 Å². The van der Waals surface area contributed by atoms with Crippen LogP contribution in [0.3, 0.4) is 0 Å². The van der Waals surface area contributed by atoms with Gasteiger partial charge in [-0.2, -0.15) is 0 Å². The van der Waals surface area contributed by atoms with Crippen LogP contribution in [0.1, 0.15) is 17.0 Å². The summed E-state index contributed by atoms with van der Waals surface area (Å²) in [4.78, 5) is 22.5. The molecule has 0 atom stereocenters. The molecule has 0 aliphatic carbocycles.